The number of aromatic nitrogens is 1. The van der Waals surface area contributed by atoms with Crippen molar-refractivity contribution in [2.45, 2.75) is 0 Å². The lowest BCUT2D eigenvalue weighted by Crippen LogP contribution is -2.34. The SMILES string of the molecule is N/C(CNC(=O)c1ncccc1Br)=N/O. The van der Waals surface area contributed by atoms with Gasteiger partial charge in [-0.15, -0.1) is 0 Å². The standard InChI is InChI=1S/C8H9BrN4O2/c9-5-2-1-3-11-7(5)8(14)12-4-6(10)13-15/h1-3,15H,4H2,(H2,10,13)(H,12,14). The molecular weight excluding hydrogens is 264 g/mol. The predicted octanol–water partition coefficient (Wildman–Crippen LogP) is 0.320. The average molecular weight is 273 g/mol. The molecule has 6 nitrogen and oxygen atoms in total. The van der Waals surface area contributed by atoms with Gasteiger partial charge < -0.3 is 16.3 Å². The number of pyridine rings is 1. The van der Waals surface area contributed by atoms with Crippen molar-refractivity contribution in [2.75, 3.05) is 6.54 Å². The number of hydrogen-bond acceptors (Lipinski definition) is 4. The summed E-state index contributed by atoms with van der Waals surface area (Å²) < 4.78 is 0.585. The van der Waals surface area contributed by atoms with Crippen LogP contribution in [0.2, 0.25) is 0 Å². The number of amidine groups is 1. The summed E-state index contributed by atoms with van der Waals surface area (Å²) in [6.45, 7) is -0.0294. The summed E-state index contributed by atoms with van der Waals surface area (Å²) in [4.78, 5) is 15.4. The molecule has 1 heterocycles. The van der Waals surface area contributed by atoms with Crippen molar-refractivity contribution in [3.8, 4) is 0 Å². The molecule has 0 aliphatic heterocycles. The van der Waals surface area contributed by atoms with Crippen molar-refractivity contribution >= 4 is 27.7 Å². The van der Waals surface area contributed by atoms with Gasteiger partial charge >= 0.3 is 0 Å². The normalized spacial score (nSPS) is 11.1. The molecule has 0 aliphatic rings. The van der Waals surface area contributed by atoms with Crippen molar-refractivity contribution in [2.24, 2.45) is 10.9 Å². The van der Waals surface area contributed by atoms with E-state index in [1.807, 2.05) is 0 Å². The van der Waals surface area contributed by atoms with Crippen LogP contribution >= 0.6 is 15.9 Å². The first-order chi connectivity index (χ1) is 7.15. The summed E-state index contributed by atoms with van der Waals surface area (Å²) in [7, 11) is 0. The van der Waals surface area contributed by atoms with Gasteiger partial charge in [-0.3, -0.25) is 4.79 Å². The third-order valence-corrected chi connectivity index (χ3v) is 2.17. The Bertz CT molecular complexity index is 394. The van der Waals surface area contributed by atoms with Crippen molar-refractivity contribution in [1.29, 1.82) is 0 Å². The van der Waals surface area contributed by atoms with Gasteiger partial charge in [-0.1, -0.05) is 5.16 Å². The van der Waals surface area contributed by atoms with E-state index >= 15 is 0 Å². The van der Waals surface area contributed by atoms with Crippen LogP contribution < -0.4 is 11.1 Å². The smallest absolute Gasteiger partial charge is 0.271 e. The zero-order chi connectivity index (χ0) is 11.3. The molecule has 15 heavy (non-hydrogen) atoms. The van der Waals surface area contributed by atoms with Gasteiger partial charge in [-0.2, -0.15) is 0 Å². The number of carbonyl (C=O) groups is 1. The van der Waals surface area contributed by atoms with Gasteiger partial charge in [0, 0.05) is 10.7 Å². The lowest BCUT2D eigenvalue weighted by Gasteiger charge is -2.04. The molecule has 0 atom stereocenters. The molecule has 0 bridgehead atoms. The van der Waals surface area contributed by atoms with E-state index in [2.05, 4.69) is 31.4 Å². The minimum atomic E-state index is -0.394. The molecular formula is C8H9BrN4O2. The Morgan fingerprint density at radius 3 is 3.07 bits per heavy atom. The highest BCUT2D eigenvalue weighted by atomic mass is 79.9. The number of hydrogen-bond donors (Lipinski definition) is 3. The molecule has 0 aliphatic carbocycles. The van der Waals surface area contributed by atoms with Crippen molar-refractivity contribution < 1.29 is 10.0 Å². The fraction of sp³-hybridized carbons (Fsp3) is 0.125. The van der Waals surface area contributed by atoms with Crippen LogP contribution in [0.15, 0.2) is 28.0 Å². The van der Waals surface area contributed by atoms with Crippen molar-refractivity contribution in [3.05, 3.63) is 28.5 Å². The zero-order valence-electron chi connectivity index (χ0n) is 7.64. The highest BCUT2D eigenvalue weighted by Crippen LogP contribution is 2.12. The lowest BCUT2D eigenvalue weighted by atomic mass is 10.3. The summed E-state index contributed by atoms with van der Waals surface area (Å²) in [5, 5.41) is 13.4. The number of nitrogens with two attached hydrogens (primary N) is 1. The Hall–Kier alpha value is -1.63. The fourth-order valence-electron chi connectivity index (χ4n) is 0.843. The third kappa shape index (κ3) is 3.21. The fourth-order valence-corrected chi connectivity index (χ4v) is 1.28. The van der Waals surface area contributed by atoms with E-state index < -0.39 is 5.91 Å². The van der Waals surface area contributed by atoms with Gasteiger partial charge in [0.1, 0.15) is 5.69 Å². The second-order valence-electron chi connectivity index (χ2n) is 2.61. The zero-order valence-corrected chi connectivity index (χ0v) is 9.23. The van der Waals surface area contributed by atoms with E-state index in [1.54, 1.807) is 12.1 Å². The Labute approximate surface area is 94.3 Å². The third-order valence-electron chi connectivity index (χ3n) is 1.53. The van der Waals surface area contributed by atoms with Crippen LogP contribution in [-0.4, -0.2) is 28.5 Å². The van der Waals surface area contributed by atoms with E-state index in [4.69, 9.17) is 10.9 Å². The average Bonchev–Trinajstić information content (AvgIpc) is 2.26. The highest BCUT2D eigenvalue weighted by molar-refractivity contribution is 9.10. The topological polar surface area (TPSA) is 101 Å². The summed E-state index contributed by atoms with van der Waals surface area (Å²) in [6, 6.07) is 3.40. The number of nitrogens with one attached hydrogen (secondary N) is 1. The molecule has 0 saturated heterocycles. The largest absolute Gasteiger partial charge is 0.409 e. The second-order valence-corrected chi connectivity index (χ2v) is 3.46. The quantitative estimate of drug-likeness (QED) is 0.319. The summed E-state index contributed by atoms with van der Waals surface area (Å²) in [5.74, 6) is -0.468. The molecule has 80 valence electrons. The van der Waals surface area contributed by atoms with Crippen LogP contribution in [0.5, 0.6) is 0 Å². The molecule has 1 aromatic heterocycles. The molecule has 0 spiro atoms. The van der Waals surface area contributed by atoms with Gasteiger partial charge in [0.15, 0.2) is 5.84 Å². The summed E-state index contributed by atoms with van der Waals surface area (Å²) in [6.07, 6.45) is 1.50. The van der Waals surface area contributed by atoms with Crippen molar-refractivity contribution in [3.63, 3.8) is 0 Å². The lowest BCUT2D eigenvalue weighted by molar-refractivity contribution is 0.0953. The van der Waals surface area contributed by atoms with Crippen LogP contribution in [0.25, 0.3) is 0 Å². The molecule has 1 amide bonds. The van der Waals surface area contributed by atoms with Crippen LogP contribution in [0.3, 0.4) is 0 Å². The Kier molecular flexibility index (Phi) is 4.04. The maximum Gasteiger partial charge on any atom is 0.271 e. The molecule has 4 N–H and O–H groups in total. The first-order valence-corrected chi connectivity index (χ1v) is 4.79. The first-order valence-electron chi connectivity index (χ1n) is 4.00. The van der Waals surface area contributed by atoms with E-state index in [9.17, 15) is 4.79 Å². The van der Waals surface area contributed by atoms with E-state index in [-0.39, 0.29) is 18.1 Å². The Balaban J connectivity index is 2.66. The summed E-state index contributed by atoms with van der Waals surface area (Å²) in [5.41, 5.74) is 5.44. The predicted molar refractivity (Wildman–Crippen MR) is 57.7 cm³/mol. The number of amides is 1. The maximum absolute atomic E-state index is 11.5. The number of nitrogens with zero attached hydrogens (tertiary/aromatic N) is 2. The van der Waals surface area contributed by atoms with Gasteiger partial charge in [-0.25, -0.2) is 4.98 Å². The minimum Gasteiger partial charge on any atom is -0.409 e. The number of oxime groups is 1. The van der Waals surface area contributed by atoms with Crippen LogP contribution in [0, 0.1) is 0 Å². The monoisotopic (exact) mass is 272 g/mol. The highest BCUT2D eigenvalue weighted by Gasteiger charge is 2.10. The summed E-state index contributed by atoms with van der Waals surface area (Å²) >= 11 is 3.19. The van der Waals surface area contributed by atoms with Crippen LogP contribution in [-0.2, 0) is 0 Å². The minimum absolute atomic E-state index is 0.0294. The van der Waals surface area contributed by atoms with E-state index in [0.29, 0.717) is 4.47 Å². The van der Waals surface area contributed by atoms with Gasteiger partial charge in [0.2, 0.25) is 0 Å². The molecule has 0 aromatic carbocycles. The van der Waals surface area contributed by atoms with Gasteiger partial charge in [0.05, 0.1) is 6.54 Å². The molecule has 7 heteroatoms. The van der Waals surface area contributed by atoms with Crippen LogP contribution in [0.4, 0.5) is 0 Å². The first kappa shape index (κ1) is 11.4. The number of carbonyl (C=O) groups excluding carboxylic acids is 1. The maximum atomic E-state index is 11.5. The van der Waals surface area contributed by atoms with Crippen LogP contribution in [0.1, 0.15) is 10.5 Å². The van der Waals surface area contributed by atoms with E-state index in [0.717, 1.165) is 0 Å². The van der Waals surface area contributed by atoms with Gasteiger partial charge in [0.25, 0.3) is 5.91 Å². The van der Waals surface area contributed by atoms with Crippen molar-refractivity contribution in [1.82, 2.24) is 10.3 Å². The molecule has 1 aromatic rings. The number of rotatable bonds is 3. The molecule has 0 radical (unpaired) electrons. The number of halogens is 1. The molecule has 0 unspecified atom stereocenters. The Morgan fingerprint density at radius 1 is 1.73 bits per heavy atom. The Morgan fingerprint density at radius 2 is 2.47 bits per heavy atom. The molecule has 0 fully saturated rings. The molecule has 0 saturated carbocycles. The molecule has 1 rings (SSSR count). The van der Waals surface area contributed by atoms with Gasteiger partial charge in [-0.05, 0) is 28.1 Å². The second kappa shape index (κ2) is 5.30. The van der Waals surface area contributed by atoms with E-state index in [1.165, 1.54) is 6.20 Å².